The summed E-state index contributed by atoms with van der Waals surface area (Å²) >= 11 is 8.15. The number of rotatable bonds is 7. The van der Waals surface area contributed by atoms with E-state index < -0.39 is 0 Å². The molecular formula is C32H35ClN4O2S. The number of amides is 1. The summed E-state index contributed by atoms with van der Waals surface area (Å²) < 4.78 is 7.36. The smallest absolute Gasteiger partial charge is 0.263 e. The summed E-state index contributed by atoms with van der Waals surface area (Å²) in [4.78, 5) is 23.0. The first kappa shape index (κ1) is 27.1. The number of thiophene rings is 1. The minimum absolute atomic E-state index is 0.0830. The largest absolute Gasteiger partial charge is 0.490 e. The molecule has 6 rings (SSSR count). The molecule has 0 spiro atoms. The van der Waals surface area contributed by atoms with Gasteiger partial charge in [0.1, 0.15) is 16.7 Å². The quantitative estimate of drug-likeness (QED) is 0.266. The monoisotopic (exact) mass is 574 g/mol. The molecule has 208 valence electrons. The van der Waals surface area contributed by atoms with Gasteiger partial charge in [0.15, 0.2) is 0 Å². The summed E-state index contributed by atoms with van der Waals surface area (Å²) in [6, 6.07) is 20.9. The molecule has 0 atom stereocenters. The maximum atomic E-state index is 13.2. The van der Waals surface area contributed by atoms with Gasteiger partial charge in [0, 0.05) is 73.6 Å². The predicted molar refractivity (Wildman–Crippen MR) is 164 cm³/mol. The van der Waals surface area contributed by atoms with Crippen molar-refractivity contribution in [3.05, 3.63) is 88.0 Å². The molecule has 0 saturated carbocycles. The SMILES string of the molecule is Cc1ccc(N2CCC(Oc3ccc4c(Cl)c(C(=O)NC5CCN(Cc6ccccn6)CC5)sc4c3)CC2)cc1. The Hall–Kier alpha value is -3.13. The van der Waals surface area contributed by atoms with Crippen molar-refractivity contribution in [2.45, 2.75) is 51.3 Å². The van der Waals surface area contributed by atoms with E-state index in [0.717, 1.165) is 79.9 Å². The van der Waals surface area contributed by atoms with E-state index in [0.29, 0.717) is 9.90 Å². The molecule has 1 amide bonds. The maximum absolute atomic E-state index is 13.2. The number of halogens is 1. The molecule has 8 heteroatoms. The number of benzene rings is 2. The topological polar surface area (TPSA) is 57.7 Å². The minimum atomic E-state index is -0.0830. The normalized spacial score (nSPS) is 17.3. The second kappa shape index (κ2) is 12.2. The van der Waals surface area contributed by atoms with E-state index in [4.69, 9.17) is 16.3 Å². The van der Waals surface area contributed by atoms with Crippen LogP contribution >= 0.6 is 22.9 Å². The van der Waals surface area contributed by atoms with Crippen molar-refractivity contribution in [3.8, 4) is 5.75 Å². The van der Waals surface area contributed by atoms with E-state index in [9.17, 15) is 4.79 Å². The van der Waals surface area contributed by atoms with Gasteiger partial charge in [-0.1, -0.05) is 35.4 Å². The van der Waals surface area contributed by atoms with Gasteiger partial charge in [-0.15, -0.1) is 11.3 Å². The van der Waals surface area contributed by atoms with Crippen LogP contribution in [0.5, 0.6) is 5.75 Å². The average molecular weight is 575 g/mol. The summed E-state index contributed by atoms with van der Waals surface area (Å²) in [5, 5.41) is 4.67. The number of ether oxygens (including phenoxy) is 1. The standard InChI is InChI=1S/C32H35ClN4O2S/c1-22-5-7-25(8-6-22)37-18-13-26(14-19-37)39-27-9-10-28-29(20-27)40-31(30(28)33)32(38)35-23-11-16-36(17-12-23)21-24-4-2-3-15-34-24/h2-10,15,20,23,26H,11-14,16-19,21H2,1H3,(H,35,38). The van der Waals surface area contributed by atoms with Crippen molar-refractivity contribution in [2.75, 3.05) is 31.1 Å². The second-order valence-corrected chi connectivity index (χ2v) is 12.3. The summed E-state index contributed by atoms with van der Waals surface area (Å²) in [6.45, 7) is 6.80. The van der Waals surface area contributed by atoms with Crippen LogP contribution in [0, 0.1) is 6.92 Å². The molecule has 2 aliphatic heterocycles. The Balaban J connectivity index is 1.03. The van der Waals surface area contributed by atoms with Crippen molar-refractivity contribution in [1.82, 2.24) is 15.2 Å². The highest BCUT2D eigenvalue weighted by Crippen LogP contribution is 2.38. The van der Waals surface area contributed by atoms with Crippen LogP contribution in [0.15, 0.2) is 66.9 Å². The van der Waals surface area contributed by atoms with Crippen LogP contribution < -0.4 is 15.0 Å². The first-order valence-corrected chi connectivity index (χ1v) is 15.3. The number of fused-ring (bicyclic) bond motifs is 1. The number of hydrogen-bond acceptors (Lipinski definition) is 6. The Morgan fingerprint density at radius 1 is 1.02 bits per heavy atom. The molecule has 6 nitrogen and oxygen atoms in total. The summed E-state index contributed by atoms with van der Waals surface area (Å²) in [7, 11) is 0. The second-order valence-electron chi connectivity index (χ2n) is 10.9. The fourth-order valence-corrected chi connectivity index (χ4v) is 7.10. The number of carbonyl (C=O) groups excluding carboxylic acids is 1. The Morgan fingerprint density at radius 3 is 2.52 bits per heavy atom. The van der Waals surface area contributed by atoms with Crippen molar-refractivity contribution < 1.29 is 9.53 Å². The molecule has 2 aliphatic rings. The van der Waals surface area contributed by atoms with Crippen molar-refractivity contribution in [1.29, 1.82) is 0 Å². The molecule has 2 aromatic heterocycles. The minimum Gasteiger partial charge on any atom is -0.490 e. The van der Waals surface area contributed by atoms with Gasteiger partial charge in [-0.3, -0.25) is 14.7 Å². The van der Waals surface area contributed by atoms with Gasteiger partial charge in [-0.25, -0.2) is 0 Å². The number of aryl methyl sites for hydroxylation is 1. The first-order chi connectivity index (χ1) is 19.5. The lowest BCUT2D eigenvalue weighted by molar-refractivity contribution is 0.0913. The Labute approximate surface area is 244 Å². The lowest BCUT2D eigenvalue weighted by atomic mass is 10.0. The van der Waals surface area contributed by atoms with Crippen LogP contribution in [0.25, 0.3) is 10.1 Å². The number of hydrogen-bond donors (Lipinski definition) is 1. The van der Waals surface area contributed by atoms with Gasteiger partial charge in [0.25, 0.3) is 5.91 Å². The zero-order valence-electron chi connectivity index (χ0n) is 22.8. The highest BCUT2D eigenvalue weighted by Gasteiger charge is 2.25. The molecular weight excluding hydrogens is 540 g/mol. The average Bonchev–Trinajstić information content (AvgIpc) is 3.31. The third kappa shape index (κ3) is 6.27. The zero-order valence-corrected chi connectivity index (χ0v) is 24.4. The van der Waals surface area contributed by atoms with Crippen LogP contribution in [0.2, 0.25) is 5.02 Å². The number of nitrogens with zero attached hydrogens (tertiary/aromatic N) is 3. The number of nitrogens with one attached hydrogen (secondary N) is 1. The number of pyridine rings is 1. The van der Waals surface area contributed by atoms with Crippen LogP contribution in [0.4, 0.5) is 5.69 Å². The molecule has 40 heavy (non-hydrogen) atoms. The van der Waals surface area contributed by atoms with E-state index in [2.05, 4.69) is 57.4 Å². The number of aromatic nitrogens is 1. The third-order valence-electron chi connectivity index (χ3n) is 7.99. The lowest BCUT2D eigenvalue weighted by Gasteiger charge is -2.33. The fraction of sp³-hybridized carbons (Fsp3) is 0.375. The lowest BCUT2D eigenvalue weighted by Crippen LogP contribution is -2.44. The van der Waals surface area contributed by atoms with E-state index in [1.54, 1.807) is 0 Å². The molecule has 0 aliphatic carbocycles. The maximum Gasteiger partial charge on any atom is 0.263 e. The van der Waals surface area contributed by atoms with E-state index in [-0.39, 0.29) is 18.1 Å². The van der Waals surface area contributed by atoms with Gasteiger partial charge in [-0.2, -0.15) is 0 Å². The van der Waals surface area contributed by atoms with Crippen molar-refractivity contribution in [2.24, 2.45) is 0 Å². The van der Waals surface area contributed by atoms with E-state index >= 15 is 0 Å². The molecule has 2 saturated heterocycles. The molecule has 0 unspecified atom stereocenters. The Bertz CT molecular complexity index is 1440. The summed E-state index contributed by atoms with van der Waals surface area (Å²) in [5.74, 6) is 0.756. The third-order valence-corrected chi connectivity index (χ3v) is 9.64. The van der Waals surface area contributed by atoms with Crippen molar-refractivity contribution >= 4 is 44.6 Å². The van der Waals surface area contributed by atoms with Crippen LogP contribution in [0.1, 0.15) is 46.6 Å². The zero-order chi connectivity index (χ0) is 27.5. The van der Waals surface area contributed by atoms with E-state index in [1.807, 2.05) is 36.5 Å². The number of carbonyl (C=O) groups is 1. The molecule has 0 bridgehead atoms. The molecule has 0 radical (unpaired) electrons. The van der Waals surface area contributed by atoms with Gasteiger partial charge in [0.2, 0.25) is 0 Å². The molecule has 4 heterocycles. The van der Waals surface area contributed by atoms with Gasteiger partial charge in [0.05, 0.1) is 10.7 Å². The van der Waals surface area contributed by atoms with Crippen LogP contribution in [-0.2, 0) is 6.54 Å². The van der Waals surface area contributed by atoms with Crippen molar-refractivity contribution in [3.63, 3.8) is 0 Å². The highest BCUT2D eigenvalue weighted by molar-refractivity contribution is 7.21. The van der Waals surface area contributed by atoms with E-state index in [1.165, 1.54) is 22.6 Å². The Kier molecular flexibility index (Phi) is 8.23. The molecule has 2 aromatic carbocycles. The predicted octanol–water partition coefficient (Wildman–Crippen LogP) is 6.70. The van der Waals surface area contributed by atoms with Crippen LogP contribution in [0.3, 0.4) is 0 Å². The number of anilines is 1. The van der Waals surface area contributed by atoms with Gasteiger partial charge >= 0.3 is 0 Å². The highest BCUT2D eigenvalue weighted by atomic mass is 35.5. The number of piperidine rings is 2. The molecule has 4 aromatic rings. The van der Waals surface area contributed by atoms with Gasteiger partial charge in [-0.05, 0) is 62.2 Å². The fourth-order valence-electron chi connectivity index (χ4n) is 5.65. The number of likely N-dealkylation sites (tertiary alicyclic amines) is 1. The summed E-state index contributed by atoms with van der Waals surface area (Å²) in [6.07, 6.45) is 5.81. The molecule has 1 N–H and O–H groups in total. The summed E-state index contributed by atoms with van der Waals surface area (Å²) in [5.41, 5.74) is 3.64. The Morgan fingerprint density at radius 2 is 1.80 bits per heavy atom. The van der Waals surface area contributed by atoms with Crippen LogP contribution in [-0.4, -0.2) is 54.1 Å². The molecule has 2 fully saturated rings. The van der Waals surface area contributed by atoms with Gasteiger partial charge < -0.3 is 15.0 Å². The first-order valence-electron chi connectivity index (χ1n) is 14.2.